The Labute approximate surface area is 101 Å². The molecule has 2 N–H and O–H groups in total. The van der Waals surface area contributed by atoms with Crippen LogP contribution in [0.25, 0.3) is 0 Å². The van der Waals surface area contributed by atoms with Crippen molar-refractivity contribution in [1.29, 1.82) is 0 Å². The summed E-state index contributed by atoms with van der Waals surface area (Å²) in [5.41, 5.74) is 0. The van der Waals surface area contributed by atoms with E-state index in [0.29, 0.717) is 4.88 Å². The third-order valence-corrected chi connectivity index (χ3v) is 2.79. The molecule has 1 rings (SSSR count). The summed E-state index contributed by atoms with van der Waals surface area (Å²) in [5.74, 6) is -2.60. The minimum atomic E-state index is -1.16. The molecule has 0 spiro atoms. The Balaban J connectivity index is 2.62. The second-order valence-corrected chi connectivity index (χ2v) is 4.28. The number of aliphatic carboxylic acids is 2. The first-order chi connectivity index (χ1) is 7.99. The zero-order chi connectivity index (χ0) is 12.8. The number of ketones is 1. The summed E-state index contributed by atoms with van der Waals surface area (Å²) >= 11 is 1.24. The lowest BCUT2D eigenvalue weighted by Crippen LogP contribution is -2.38. The van der Waals surface area contributed by atoms with Crippen molar-refractivity contribution < 1.29 is 24.6 Å². The monoisotopic (exact) mass is 257 g/mol. The number of thiophene rings is 1. The van der Waals surface area contributed by atoms with Crippen molar-refractivity contribution in [3.05, 3.63) is 22.4 Å². The number of rotatable bonds is 7. The lowest BCUT2D eigenvalue weighted by Gasteiger charge is -2.16. The maximum absolute atomic E-state index is 11.7. The van der Waals surface area contributed by atoms with Crippen LogP contribution < -0.4 is 0 Å². The summed E-state index contributed by atoms with van der Waals surface area (Å²) < 4.78 is 0. The molecule has 0 fully saturated rings. The van der Waals surface area contributed by atoms with Crippen LogP contribution in [0.3, 0.4) is 0 Å². The summed E-state index contributed by atoms with van der Waals surface area (Å²) in [6.45, 7) is -1.15. The van der Waals surface area contributed by atoms with Gasteiger partial charge >= 0.3 is 11.9 Å². The van der Waals surface area contributed by atoms with Gasteiger partial charge in [-0.15, -0.1) is 11.3 Å². The highest BCUT2D eigenvalue weighted by Gasteiger charge is 2.18. The number of hydrogen-bond acceptors (Lipinski definition) is 5. The van der Waals surface area contributed by atoms with E-state index < -0.39 is 25.0 Å². The minimum Gasteiger partial charge on any atom is -0.480 e. The first-order valence-corrected chi connectivity index (χ1v) is 5.59. The van der Waals surface area contributed by atoms with E-state index in [-0.39, 0.29) is 12.3 Å². The third-order valence-electron chi connectivity index (χ3n) is 1.88. The first kappa shape index (κ1) is 13.3. The van der Waals surface area contributed by atoms with Crippen molar-refractivity contribution in [1.82, 2.24) is 4.90 Å². The highest BCUT2D eigenvalue weighted by molar-refractivity contribution is 7.12. The van der Waals surface area contributed by atoms with Gasteiger partial charge in [-0.05, 0) is 11.4 Å². The van der Waals surface area contributed by atoms with E-state index in [1.54, 1.807) is 17.5 Å². The molecule has 0 aromatic carbocycles. The van der Waals surface area contributed by atoms with Gasteiger partial charge in [-0.3, -0.25) is 19.3 Å². The van der Waals surface area contributed by atoms with Gasteiger partial charge in [0.1, 0.15) is 0 Å². The number of carboxylic acids is 2. The summed E-state index contributed by atoms with van der Waals surface area (Å²) in [4.78, 5) is 34.3. The van der Waals surface area contributed by atoms with E-state index in [1.807, 2.05) is 0 Å². The lowest BCUT2D eigenvalue weighted by atomic mass is 10.3. The van der Waals surface area contributed by atoms with E-state index in [9.17, 15) is 14.4 Å². The quantitative estimate of drug-likeness (QED) is 0.687. The van der Waals surface area contributed by atoms with Crippen molar-refractivity contribution in [2.75, 3.05) is 19.6 Å². The van der Waals surface area contributed by atoms with Gasteiger partial charge in [0.05, 0.1) is 24.5 Å². The van der Waals surface area contributed by atoms with Crippen LogP contribution in [0, 0.1) is 0 Å². The van der Waals surface area contributed by atoms with Crippen molar-refractivity contribution in [3.63, 3.8) is 0 Å². The van der Waals surface area contributed by atoms with Crippen molar-refractivity contribution >= 4 is 29.1 Å². The zero-order valence-corrected chi connectivity index (χ0v) is 9.64. The zero-order valence-electron chi connectivity index (χ0n) is 8.83. The molecule has 0 atom stereocenters. The van der Waals surface area contributed by atoms with Crippen molar-refractivity contribution in [3.8, 4) is 0 Å². The van der Waals surface area contributed by atoms with E-state index in [0.717, 1.165) is 4.90 Å². The van der Waals surface area contributed by atoms with Gasteiger partial charge < -0.3 is 10.2 Å². The van der Waals surface area contributed by atoms with E-state index in [2.05, 4.69) is 0 Å². The third kappa shape index (κ3) is 4.75. The molecule has 0 saturated heterocycles. The van der Waals surface area contributed by atoms with Gasteiger partial charge in [0.15, 0.2) is 5.78 Å². The van der Waals surface area contributed by atoms with Gasteiger partial charge in [-0.2, -0.15) is 0 Å². The van der Waals surface area contributed by atoms with Gasteiger partial charge in [-0.25, -0.2) is 0 Å². The highest BCUT2D eigenvalue weighted by Crippen LogP contribution is 2.10. The van der Waals surface area contributed by atoms with E-state index in [1.165, 1.54) is 11.3 Å². The maximum Gasteiger partial charge on any atom is 0.317 e. The molecule has 1 aromatic rings. The number of hydrogen-bond donors (Lipinski definition) is 2. The van der Waals surface area contributed by atoms with Crippen LogP contribution in [-0.4, -0.2) is 52.5 Å². The normalized spacial score (nSPS) is 10.4. The lowest BCUT2D eigenvalue weighted by molar-refractivity contribution is -0.141. The second-order valence-electron chi connectivity index (χ2n) is 3.33. The minimum absolute atomic E-state index is 0.209. The smallest absolute Gasteiger partial charge is 0.317 e. The average Bonchev–Trinajstić information content (AvgIpc) is 2.67. The molecule has 0 aliphatic carbocycles. The SMILES string of the molecule is O=C(O)CN(CC(=O)O)CC(=O)c1cccs1. The molecule has 7 heteroatoms. The number of Topliss-reactive ketones (excluding diaryl/α,β-unsaturated/α-hetero) is 1. The summed E-state index contributed by atoms with van der Waals surface area (Å²) in [6.07, 6.45) is 0. The fourth-order valence-electron chi connectivity index (χ4n) is 1.27. The molecular formula is C10H11NO5S. The summed E-state index contributed by atoms with van der Waals surface area (Å²) in [6, 6.07) is 3.32. The molecule has 6 nitrogen and oxygen atoms in total. The topological polar surface area (TPSA) is 94.9 Å². The Kier molecular flexibility index (Phi) is 4.80. The van der Waals surface area contributed by atoms with Crippen LogP contribution in [-0.2, 0) is 9.59 Å². The molecule has 0 aliphatic heterocycles. The molecule has 1 aromatic heterocycles. The molecule has 0 radical (unpaired) electrons. The van der Waals surface area contributed by atoms with Crippen LogP contribution >= 0.6 is 11.3 Å². The number of nitrogens with zero attached hydrogens (tertiary/aromatic N) is 1. The van der Waals surface area contributed by atoms with E-state index in [4.69, 9.17) is 10.2 Å². The molecule has 17 heavy (non-hydrogen) atoms. The Morgan fingerprint density at radius 3 is 2.12 bits per heavy atom. The fourth-order valence-corrected chi connectivity index (χ4v) is 1.93. The molecule has 0 unspecified atom stereocenters. The molecular weight excluding hydrogens is 246 g/mol. The van der Waals surface area contributed by atoms with Crippen LogP contribution in [0.4, 0.5) is 0 Å². The second kappa shape index (κ2) is 6.12. The Bertz CT molecular complexity index is 398. The largest absolute Gasteiger partial charge is 0.480 e. The first-order valence-electron chi connectivity index (χ1n) is 4.71. The van der Waals surface area contributed by atoms with Gasteiger partial charge in [0.25, 0.3) is 0 Å². The Morgan fingerprint density at radius 1 is 1.12 bits per heavy atom. The number of carbonyl (C=O) groups excluding carboxylic acids is 1. The number of carbonyl (C=O) groups is 3. The van der Waals surface area contributed by atoms with Crippen LogP contribution in [0.1, 0.15) is 9.67 Å². The molecule has 0 saturated carbocycles. The standard InChI is InChI=1S/C10H11NO5S/c12-7(8-2-1-3-17-8)4-11(5-9(13)14)6-10(15)16/h1-3H,4-6H2,(H,13,14)(H,15,16). The number of carboxylic acid groups (broad SMARTS) is 2. The van der Waals surface area contributed by atoms with Gasteiger partial charge in [0.2, 0.25) is 0 Å². The fraction of sp³-hybridized carbons (Fsp3) is 0.300. The Morgan fingerprint density at radius 2 is 1.71 bits per heavy atom. The molecule has 92 valence electrons. The Hall–Kier alpha value is -1.73. The van der Waals surface area contributed by atoms with Crippen LogP contribution in [0.5, 0.6) is 0 Å². The van der Waals surface area contributed by atoms with E-state index >= 15 is 0 Å². The predicted octanol–water partition coefficient (Wildman–Crippen LogP) is 0.402. The molecule has 0 bridgehead atoms. The molecule has 0 amide bonds. The summed E-state index contributed by atoms with van der Waals surface area (Å²) in [5, 5.41) is 18.9. The highest BCUT2D eigenvalue weighted by atomic mass is 32.1. The van der Waals surface area contributed by atoms with Crippen LogP contribution in [0.15, 0.2) is 17.5 Å². The average molecular weight is 257 g/mol. The van der Waals surface area contributed by atoms with Crippen molar-refractivity contribution in [2.24, 2.45) is 0 Å². The van der Waals surface area contributed by atoms with Gasteiger partial charge in [-0.1, -0.05) is 6.07 Å². The molecule has 0 aliphatic rings. The molecule has 1 heterocycles. The predicted molar refractivity (Wildman–Crippen MR) is 60.4 cm³/mol. The van der Waals surface area contributed by atoms with Gasteiger partial charge in [0, 0.05) is 0 Å². The summed E-state index contributed by atoms with van der Waals surface area (Å²) in [7, 11) is 0. The van der Waals surface area contributed by atoms with Crippen LogP contribution in [0.2, 0.25) is 0 Å². The maximum atomic E-state index is 11.7. The van der Waals surface area contributed by atoms with Crippen molar-refractivity contribution in [2.45, 2.75) is 0 Å².